The standard InChI is InChI=1S/C14H12N4O/c1-14(15)9-5-3-2-4-8(9)10-11(14)18-7-6-16-12(18)13(19)17-10/h2-7H,15H2,1H3,(H,17,19). The van der Waals surface area contributed by atoms with Crippen molar-refractivity contribution in [3.05, 3.63) is 58.3 Å². The van der Waals surface area contributed by atoms with Crippen LogP contribution in [-0.4, -0.2) is 14.4 Å². The number of hydrogen-bond donors (Lipinski definition) is 2. The molecule has 5 heteroatoms. The topological polar surface area (TPSA) is 76.2 Å². The van der Waals surface area contributed by atoms with Gasteiger partial charge in [0.25, 0.3) is 5.56 Å². The lowest BCUT2D eigenvalue weighted by Gasteiger charge is -2.21. The molecular formula is C14H12N4O. The molecule has 0 radical (unpaired) electrons. The minimum atomic E-state index is -0.644. The Balaban J connectivity index is 2.27. The fourth-order valence-electron chi connectivity index (χ4n) is 2.99. The number of hydrogen-bond acceptors (Lipinski definition) is 3. The van der Waals surface area contributed by atoms with Gasteiger partial charge in [-0.2, -0.15) is 0 Å². The largest absolute Gasteiger partial charge is 0.317 e. The zero-order valence-electron chi connectivity index (χ0n) is 10.3. The summed E-state index contributed by atoms with van der Waals surface area (Å²) in [5, 5.41) is 0. The van der Waals surface area contributed by atoms with Crippen molar-refractivity contribution in [3.8, 4) is 11.3 Å². The molecule has 19 heavy (non-hydrogen) atoms. The second-order valence-electron chi connectivity index (χ2n) is 5.05. The maximum absolute atomic E-state index is 12.0. The maximum Gasteiger partial charge on any atom is 0.292 e. The highest BCUT2D eigenvalue weighted by atomic mass is 16.1. The van der Waals surface area contributed by atoms with E-state index in [0.29, 0.717) is 5.65 Å². The van der Waals surface area contributed by atoms with Crippen LogP contribution >= 0.6 is 0 Å². The average Bonchev–Trinajstić information content (AvgIpc) is 2.94. The Bertz CT molecular complexity index is 873. The van der Waals surface area contributed by atoms with E-state index in [1.54, 1.807) is 16.8 Å². The summed E-state index contributed by atoms with van der Waals surface area (Å²) in [4.78, 5) is 19.0. The van der Waals surface area contributed by atoms with Crippen LogP contribution in [0.5, 0.6) is 0 Å². The van der Waals surface area contributed by atoms with Crippen molar-refractivity contribution in [2.75, 3.05) is 0 Å². The van der Waals surface area contributed by atoms with Gasteiger partial charge in [-0.3, -0.25) is 9.20 Å². The molecule has 1 unspecified atom stereocenters. The molecule has 0 aliphatic heterocycles. The van der Waals surface area contributed by atoms with Gasteiger partial charge in [-0.15, -0.1) is 0 Å². The maximum atomic E-state index is 12.0. The molecule has 0 fully saturated rings. The summed E-state index contributed by atoms with van der Waals surface area (Å²) in [5.41, 5.74) is 9.70. The van der Waals surface area contributed by atoms with Gasteiger partial charge >= 0.3 is 0 Å². The molecule has 1 aliphatic carbocycles. The molecule has 4 rings (SSSR count). The van der Waals surface area contributed by atoms with E-state index in [0.717, 1.165) is 22.5 Å². The number of benzene rings is 1. The molecule has 0 saturated carbocycles. The summed E-state index contributed by atoms with van der Waals surface area (Å²) in [6.07, 6.45) is 3.39. The molecule has 0 amide bonds. The van der Waals surface area contributed by atoms with Gasteiger partial charge in [0.05, 0.1) is 16.9 Å². The zero-order valence-corrected chi connectivity index (χ0v) is 10.3. The summed E-state index contributed by atoms with van der Waals surface area (Å²) in [6.45, 7) is 1.95. The number of fused-ring (bicyclic) bond motifs is 5. The van der Waals surface area contributed by atoms with Crippen molar-refractivity contribution in [2.45, 2.75) is 12.5 Å². The Morgan fingerprint density at radius 1 is 1.37 bits per heavy atom. The fraction of sp³-hybridized carbons (Fsp3) is 0.143. The quantitative estimate of drug-likeness (QED) is 0.631. The van der Waals surface area contributed by atoms with E-state index in [1.807, 2.05) is 31.2 Å². The number of nitrogens with two attached hydrogens (primary N) is 1. The average molecular weight is 252 g/mol. The van der Waals surface area contributed by atoms with Crippen LogP contribution in [0.25, 0.3) is 16.9 Å². The fourth-order valence-corrected chi connectivity index (χ4v) is 2.99. The van der Waals surface area contributed by atoms with Crippen molar-refractivity contribution in [2.24, 2.45) is 5.73 Å². The summed E-state index contributed by atoms with van der Waals surface area (Å²) in [7, 11) is 0. The lowest BCUT2D eigenvalue weighted by molar-refractivity contribution is 0.589. The van der Waals surface area contributed by atoms with Crippen LogP contribution in [0.15, 0.2) is 41.5 Å². The van der Waals surface area contributed by atoms with Gasteiger partial charge in [0.1, 0.15) is 0 Å². The number of aromatic amines is 1. The molecule has 94 valence electrons. The first-order valence-electron chi connectivity index (χ1n) is 6.09. The Morgan fingerprint density at radius 2 is 2.16 bits per heavy atom. The summed E-state index contributed by atoms with van der Waals surface area (Å²) >= 11 is 0. The van der Waals surface area contributed by atoms with E-state index >= 15 is 0 Å². The number of H-pyrrole nitrogens is 1. The predicted molar refractivity (Wildman–Crippen MR) is 71.9 cm³/mol. The van der Waals surface area contributed by atoms with Crippen molar-refractivity contribution in [3.63, 3.8) is 0 Å². The molecule has 3 aromatic rings. The second-order valence-corrected chi connectivity index (χ2v) is 5.05. The highest BCUT2D eigenvalue weighted by molar-refractivity contribution is 5.77. The lowest BCUT2D eigenvalue weighted by atomic mass is 9.94. The van der Waals surface area contributed by atoms with Crippen LogP contribution in [0.2, 0.25) is 0 Å². The van der Waals surface area contributed by atoms with Crippen molar-refractivity contribution in [1.29, 1.82) is 0 Å². The van der Waals surface area contributed by atoms with Crippen LogP contribution in [0.1, 0.15) is 18.2 Å². The van der Waals surface area contributed by atoms with Crippen molar-refractivity contribution >= 4 is 5.65 Å². The zero-order chi connectivity index (χ0) is 13.2. The summed E-state index contributed by atoms with van der Waals surface area (Å²) in [6, 6.07) is 7.88. The third-order valence-corrected chi connectivity index (χ3v) is 3.81. The van der Waals surface area contributed by atoms with Gasteiger partial charge in [-0.1, -0.05) is 24.3 Å². The molecule has 5 nitrogen and oxygen atoms in total. The third kappa shape index (κ3) is 1.13. The molecule has 0 spiro atoms. The van der Waals surface area contributed by atoms with Gasteiger partial charge < -0.3 is 10.7 Å². The molecule has 0 bridgehead atoms. The predicted octanol–water partition coefficient (Wildman–Crippen LogP) is 1.23. The normalized spacial score (nSPS) is 20.5. The molecule has 3 N–H and O–H groups in total. The van der Waals surface area contributed by atoms with Crippen LogP contribution in [0.4, 0.5) is 0 Å². The summed E-state index contributed by atoms with van der Waals surface area (Å²) < 4.78 is 1.79. The minimum absolute atomic E-state index is 0.198. The van der Waals surface area contributed by atoms with Gasteiger partial charge in [0.15, 0.2) is 0 Å². The van der Waals surface area contributed by atoms with Crippen molar-refractivity contribution in [1.82, 2.24) is 14.4 Å². The molecule has 1 aliphatic rings. The van der Waals surface area contributed by atoms with Crippen LogP contribution in [0.3, 0.4) is 0 Å². The van der Waals surface area contributed by atoms with Gasteiger partial charge in [0.2, 0.25) is 5.65 Å². The molecule has 2 aromatic heterocycles. The Morgan fingerprint density at radius 3 is 3.00 bits per heavy atom. The lowest BCUT2D eigenvalue weighted by Crippen LogP contribution is -2.34. The van der Waals surface area contributed by atoms with Gasteiger partial charge in [-0.25, -0.2) is 4.98 Å². The Kier molecular flexibility index (Phi) is 1.73. The number of rotatable bonds is 0. The molecule has 1 atom stereocenters. The van der Waals surface area contributed by atoms with Crippen LogP contribution in [-0.2, 0) is 5.54 Å². The van der Waals surface area contributed by atoms with Gasteiger partial charge in [-0.05, 0) is 12.5 Å². The molecule has 0 saturated heterocycles. The second kappa shape index (κ2) is 3.13. The first kappa shape index (κ1) is 10.5. The van der Waals surface area contributed by atoms with E-state index in [-0.39, 0.29) is 5.56 Å². The summed E-state index contributed by atoms with van der Waals surface area (Å²) in [5.74, 6) is 0. The first-order chi connectivity index (χ1) is 9.10. The Hall–Kier alpha value is -2.40. The number of imidazole rings is 1. The SMILES string of the molecule is CC1(N)c2ccccc2-c2[nH]c(=O)c3nccn3c21. The molecule has 2 heterocycles. The van der Waals surface area contributed by atoms with Crippen LogP contribution < -0.4 is 11.3 Å². The smallest absolute Gasteiger partial charge is 0.292 e. The number of nitrogens with one attached hydrogen (secondary N) is 1. The van der Waals surface area contributed by atoms with E-state index in [2.05, 4.69) is 9.97 Å². The highest BCUT2D eigenvalue weighted by Gasteiger charge is 2.39. The van der Waals surface area contributed by atoms with E-state index in [1.165, 1.54) is 0 Å². The Labute approximate surface area is 108 Å². The molecular weight excluding hydrogens is 240 g/mol. The minimum Gasteiger partial charge on any atom is -0.317 e. The van der Waals surface area contributed by atoms with Crippen LogP contribution in [0, 0.1) is 0 Å². The third-order valence-electron chi connectivity index (χ3n) is 3.81. The first-order valence-corrected chi connectivity index (χ1v) is 6.09. The van der Waals surface area contributed by atoms with Crippen molar-refractivity contribution < 1.29 is 0 Å². The number of nitrogens with zero attached hydrogens (tertiary/aromatic N) is 2. The molecule has 1 aromatic carbocycles. The monoisotopic (exact) mass is 252 g/mol. The highest BCUT2D eigenvalue weighted by Crippen LogP contribution is 2.43. The van der Waals surface area contributed by atoms with Gasteiger partial charge in [0, 0.05) is 18.0 Å². The number of aromatic nitrogens is 3. The van der Waals surface area contributed by atoms with E-state index in [4.69, 9.17) is 5.73 Å². The van der Waals surface area contributed by atoms with E-state index in [9.17, 15) is 4.79 Å². The van der Waals surface area contributed by atoms with E-state index < -0.39 is 5.54 Å².